The Morgan fingerprint density at radius 3 is 2.11 bits per heavy atom. The molecule has 0 heterocycles. The fourth-order valence-electron chi connectivity index (χ4n) is 2.97. The van der Waals surface area contributed by atoms with Crippen molar-refractivity contribution in [2.45, 2.75) is 65.3 Å². The molecular formula is C18H29N. The molecule has 106 valence electrons. The van der Waals surface area contributed by atoms with Gasteiger partial charge < -0.3 is 5.32 Å². The van der Waals surface area contributed by atoms with Gasteiger partial charge in [-0.3, -0.25) is 0 Å². The quantitative estimate of drug-likeness (QED) is 0.792. The van der Waals surface area contributed by atoms with E-state index in [9.17, 15) is 0 Å². The van der Waals surface area contributed by atoms with E-state index in [2.05, 4.69) is 57.3 Å². The van der Waals surface area contributed by atoms with Gasteiger partial charge in [-0.05, 0) is 41.7 Å². The molecule has 0 radical (unpaired) electrons. The van der Waals surface area contributed by atoms with E-state index in [1.165, 1.54) is 43.4 Å². The van der Waals surface area contributed by atoms with Gasteiger partial charge in [0.1, 0.15) is 0 Å². The number of rotatable bonds is 6. The Labute approximate surface area is 118 Å². The molecule has 0 unspecified atom stereocenters. The average Bonchev–Trinajstić information content (AvgIpc) is 2.32. The summed E-state index contributed by atoms with van der Waals surface area (Å²) in [6, 6.07) is 9.89. The van der Waals surface area contributed by atoms with E-state index in [1.54, 1.807) is 0 Å². The van der Waals surface area contributed by atoms with Crippen LogP contribution in [0.2, 0.25) is 0 Å². The minimum atomic E-state index is 0.531. The minimum Gasteiger partial charge on any atom is -0.314 e. The molecule has 19 heavy (non-hydrogen) atoms. The zero-order chi connectivity index (χ0) is 13.9. The van der Waals surface area contributed by atoms with Gasteiger partial charge in [-0.1, -0.05) is 58.4 Å². The highest BCUT2D eigenvalue weighted by atomic mass is 14.9. The van der Waals surface area contributed by atoms with Crippen LogP contribution in [-0.4, -0.2) is 12.6 Å². The minimum absolute atomic E-state index is 0.531. The van der Waals surface area contributed by atoms with Gasteiger partial charge in [0.05, 0.1) is 0 Å². The van der Waals surface area contributed by atoms with Crippen molar-refractivity contribution in [2.75, 3.05) is 6.54 Å². The molecule has 1 aliphatic carbocycles. The maximum atomic E-state index is 3.64. The fraction of sp³-hybridized carbons (Fsp3) is 0.667. The molecule has 1 nitrogen and oxygen atoms in total. The van der Waals surface area contributed by atoms with Gasteiger partial charge in [-0.15, -0.1) is 0 Å². The Morgan fingerprint density at radius 1 is 1.05 bits per heavy atom. The predicted molar refractivity (Wildman–Crippen MR) is 83.7 cm³/mol. The maximum absolute atomic E-state index is 3.64. The van der Waals surface area contributed by atoms with Gasteiger partial charge in [0, 0.05) is 12.6 Å². The van der Waals surface area contributed by atoms with Crippen LogP contribution in [0.5, 0.6) is 0 Å². The number of hydrogen-bond donors (Lipinski definition) is 1. The molecule has 2 rings (SSSR count). The van der Waals surface area contributed by atoms with Gasteiger partial charge in [0.15, 0.2) is 0 Å². The fourth-order valence-corrected chi connectivity index (χ4v) is 2.97. The summed E-state index contributed by atoms with van der Waals surface area (Å²) in [5.74, 6) is 0.634. The lowest BCUT2D eigenvalue weighted by molar-refractivity contribution is 0.127. The van der Waals surface area contributed by atoms with Gasteiger partial charge in [0.25, 0.3) is 0 Å². The van der Waals surface area contributed by atoms with Crippen molar-refractivity contribution in [1.29, 1.82) is 0 Å². The lowest BCUT2D eigenvalue weighted by Gasteiger charge is -2.43. The molecule has 0 aliphatic heterocycles. The Hall–Kier alpha value is -0.820. The van der Waals surface area contributed by atoms with E-state index >= 15 is 0 Å². The molecular weight excluding hydrogens is 230 g/mol. The zero-order valence-electron chi connectivity index (χ0n) is 13.0. The molecule has 1 aliphatic rings. The molecule has 1 aromatic carbocycles. The molecule has 1 fully saturated rings. The lowest BCUT2D eigenvalue weighted by Crippen LogP contribution is -2.43. The molecule has 0 spiro atoms. The first kappa shape index (κ1) is 14.6. The van der Waals surface area contributed by atoms with E-state index in [0.29, 0.717) is 17.4 Å². The van der Waals surface area contributed by atoms with Gasteiger partial charge >= 0.3 is 0 Å². The Bertz CT molecular complexity index is 385. The molecule has 1 N–H and O–H groups in total. The van der Waals surface area contributed by atoms with Crippen LogP contribution in [0.15, 0.2) is 24.3 Å². The van der Waals surface area contributed by atoms with E-state index in [4.69, 9.17) is 0 Å². The highest BCUT2D eigenvalue weighted by Crippen LogP contribution is 2.43. The summed E-state index contributed by atoms with van der Waals surface area (Å²) in [6.07, 6.45) is 5.42. The summed E-state index contributed by atoms with van der Waals surface area (Å²) in [5.41, 5.74) is 3.49. The van der Waals surface area contributed by atoms with Crippen LogP contribution in [-0.2, 0) is 6.42 Å². The maximum Gasteiger partial charge on any atom is 0.00134 e. The van der Waals surface area contributed by atoms with E-state index in [0.717, 1.165) is 0 Å². The van der Waals surface area contributed by atoms with Crippen LogP contribution >= 0.6 is 0 Å². The van der Waals surface area contributed by atoms with Crippen molar-refractivity contribution < 1.29 is 0 Å². The van der Waals surface area contributed by atoms with Crippen LogP contribution in [0.3, 0.4) is 0 Å². The normalized spacial score (nSPS) is 17.8. The molecule has 0 saturated heterocycles. The summed E-state index contributed by atoms with van der Waals surface area (Å²) in [5, 5.41) is 3.64. The SMILES string of the molecule is CC(C)NCC1(Cc2ccc(C(C)C)cc2)CCC1. The molecule has 0 atom stereocenters. The highest BCUT2D eigenvalue weighted by Gasteiger charge is 2.36. The molecule has 1 saturated carbocycles. The van der Waals surface area contributed by atoms with Crippen molar-refractivity contribution >= 4 is 0 Å². The molecule has 0 amide bonds. The van der Waals surface area contributed by atoms with Crippen molar-refractivity contribution in [3.05, 3.63) is 35.4 Å². The van der Waals surface area contributed by atoms with Crippen LogP contribution in [0.1, 0.15) is 64.0 Å². The summed E-state index contributed by atoms with van der Waals surface area (Å²) in [6.45, 7) is 10.2. The van der Waals surface area contributed by atoms with Crippen LogP contribution < -0.4 is 5.32 Å². The summed E-state index contributed by atoms with van der Waals surface area (Å²) in [4.78, 5) is 0. The second-order valence-corrected chi connectivity index (χ2v) is 6.96. The van der Waals surface area contributed by atoms with Crippen LogP contribution in [0.25, 0.3) is 0 Å². The molecule has 1 heteroatoms. The van der Waals surface area contributed by atoms with Crippen LogP contribution in [0, 0.1) is 5.41 Å². The first-order chi connectivity index (χ1) is 9.01. The topological polar surface area (TPSA) is 12.0 Å². The summed E-state index contributed by atoms with van der Waals surface area (Å²) < 4.78 is 0. The average molecular weight is 259 g/mol. The first-order valence-corrected chi connectivity index (χ1v) is 7.83. The largest absolute Gasteiger partial charge is 0.314 e. The Morgan fingerprint density at radius 2 is 1.68 bits per heavy atom. The summed E-state index contributed by atoms with van der Waals surface area (Å²) in [7, 11) is 0. The zero-order valence-corrected chi connectivity index (χ0v) is 13.0. The third-order valence-electron chi connectivity index (χ3n) is 4.53. The first-order valence-electron chi connectivity index (χ1n) is 7.83. The van der Waals surface area contributed by atoms with E-state index in [1.807, 2.05) is 0 Å². The number of nitrogens with one attached hydrogen (secondary N) is 1. The smallest absolute Gasteiger partial charge is 0.00134 e. The third kappa shape index (κ3) is 3.82. The van der Waals surface area contributed by atoms with Crippen molar-refractivity contribution in [2.24, 2.45) is 5.41 Å². The monoisotopic (exact) mass is 259 g/mol. The number of benzene rings is 1. The third-order valence-corrected chi connectivity index (χ3v) is 4.53. The standard InChI is InChI=1S/C18H29N/c1-14(2)17-8-6-16(7-9-17)12-18(10-5-11-18)13-19-15(3)4/h6-9,14-15,19H,5,10-13H2,1-4H3. The van der Waals surface area contributed by atoms with E-state index in [-0.39, 0.29) is 0 Å². The molecule has 0 aromatic heterocycles. The summed E-state index contributed by atoms with van der Waals surface area (Å²) >= 11 is 0. The second-order valence-electron chi connectivity index (χ2n) is 6.96. The highest BCUT2D eigenvalue weighted by molar-refractivity contribution is 5.26. The Balaban J connectivity index is 1.98. The van der Waals surface area contributed by atoms with Gasteiger partial charge in [0.2, 0.25) is 0 Å². The molecule has 1 aromatic rings. The lowest BCUT2D eigenvalue weighted by atomic mass is 9.65. The second kappa shape index (κ2) is 6.09. The van der Waals surface area contributed by atoms with Gasteiger partial charge in [-0.2, -0.15) is 0 Å². The number of hydrogen-bond acceptors (Lipinski definition) is 1. The van der Waals surface area contributed by atoms with Gasteiger partial charge in [-0.25, -0.2) is 0 Å². The molecule has 0 bridgehead atoms. The van der Waals surface area contributed by atoms with E-state index < -0.39 is 0 Å². The Kier molecular flexibility index (Phi) is 4.67. The predicted octanol–water partition coefficient (Wildman–Crippen LogP) is 4.52. The van der Waals surface area contributed by atoms with Crippen molar-refractivity contribution in [3.8, 4) is 0 Å². The van der Waals surface area contributed by atoms with Crippen LogP contribution in [0.4, 0.5) is 0 Å². The van der Waals surface area contributed by atoms with Crippen molar-refractivity contribution in [3.63, 3.8) is 0 Å². The van der Waals surface area contributed by atoms with Crippen molar-refractivity contribution in [1.82, 2.24) is 5.32 Å².